The molecule has 2 aromatic carbocycles. The molecule has 15 heteroatoms. The number of amides is 1. The fourth-order valence-corrected chi connectivity index (χ4v) is 5.50. The first-order valence-electron chi connectivity index (χ1n) is 14.1. The van der Waals surface area contributed by atoms with Gasteiger partial charge in [0.25, 0.3) is 0 Å². The number of carboxylic acid groups (broad SMARTS) is 1. The quantitative estimate of drug-likeness (QED) is 0.161. The topological polar surface area (TPSA) is 159 Å². The van der Waals surface area contributed by atoms with Crippen molar-refractivity contribution in [3.63, 3.8) is 0 Å². The third kappa shape index (κ3) is 8.19. The van der Waals surface area contributed by atoms with Gasteiger partial charge in [-0.05, 0) is 48.7 Å². The Balaban J connectivity index is 1.37. The predicted molar refractivity (Wildman–Crippen MR) is 161 cm³/mol. The molecule has 0 saturated carbocycles. The first kappa shape index (κ1) is 32.0. The Morgan fingerprint density at radius 2 is 2.07 bits per heavy atom. The van der Waals surface area contributed by atoms with E-state index < -0.39 is 22.9 Å². The van der Waals surface area contributed by atoms with E-state index in [1.165, 1.54) is 17.4 Å². The van der Waals surface area contributed by atoms with Crippen molar-refractivity contribution in [2.75, 3.05) is 38.8 Å². The fraction of sp³-hybridized carbons (Fsp3) is 0.367. The molecule has 1 atom stereocenters. The van der Waals surface area contributed by atoms with Crippen LogP contribution >= 0.6 is 11.3 Å². The van der Waals surface area contributed by atoms with Gasteiger partial charge in [0, 0.05) is 43.3 Å². The number of benzene rings is 2. The number of nitrogens with zero attached hydrogens (tertiary/aromatic N) is 4. The summed E-state index contributed by atoms with van der Waals surface area (Å²) in [7, 11) is 1.60. The van der Waals surface area contributed by atoms with Crippen LogP contribution < -0.4 is 20.1 Å². The van der Waals surface area contributed by atoms with Gasteiger partial charge in [0.15, 0.2) is 16.6 Å². The first-order chi connectivity index (χ1) is 21.7. The molecule has 1 aliphatic heterocycles. The summed E-state index contributed by atoms with van der Waals surface area (Å²) >= 11 is 1.33. The molecular formula is C30H33FN6O7S. The van der Waals surface area contributed by atoms with Crippen LogP contribution in [0, 0.1) is 5.82 Å². The van der Waals surface area contributed by atoms with Crippen LogP contribution in [-0.2, 0) is 39.4 Å². The average Bonchev–Trinajstić information content (AvgIpc) is 3.68. The molecule has 2 aromatic heterocycles. The van der Waals surface area contributed by atoms with Gasteiger partial charge in [-0.25, -0.2) is 18.9 Å². The van der Waals surface area contributed by atoms with E-state index in [1.807, 2.05) is 13.0 Å². The number of carboxylic acids is 1. The summed E-state index contributed by atoms with van der Waals surface area (Å²) in [5, 5.41) is 26.0. The number of hydrogen-bond donors (Lipinski definition) is 3. The molecule has 0 radical (unpaired) electrons. The Kier molecular flexibility index (Phi) is 10.3. The van der Waals surface area contributed by atoms with E-state index in [1.54, 1.807) is 35.6 Å². The van der Waals surface area contributed by atoms with Gasteiger partial charge in [-0.15, -0.1) is 16.4 Å². The maximum Gasteiger partial charge on any atom is 0.338 e. The summed E-state index contributed by atoms with van der Waals surface area (Å²) < 4.78 is 38.9. The summed E-state index contributed by atoms with van der Waals surface area (Å²) in [5.74, 6) is -1.76. The number of thiazole rings is 1. The monoisotopic (exact) mass is 640 g/mol. The van der Waals surface area contributed by atoms with Crippen molar-refractivity contribution in [2.45, 2.75) is 38.5 Å². The number of methoxy groups -OCH3 is 1. The van der Waals surface area contributed by atoms with Gasteiger partial charge in [-0.2, -0.15) is 0 Å². The van der Waals surface area contributed by atoms with Crippen molar-refractivity contribution >= 4 is 28.3 Å². The molecular weight excluding hydrogens is 607 g/mol. The Morgan fingerprint density at radius 3 is 2.82 bits per heavy atom. The second kappa shape index (κ2) is 14.6. The minimum Gasteiger partial charge on any atom is -0.488 e. The van der Waals surface area contributed by atoms with Crippen molar-refractivity contribution in [1.82, 2.24) is 25.3 Å². The highest BCUT2D eigenvalue weighted by atomic mass is 32.1. The number of rotatable bonds is 15. The molecule has 0 aliphatic carbocycles. The second-order valence-electron chi connectivity index (χ2n) is 10.4. The third-order valence-corrected chi connectivity index (χ3v) is 7.80. The van der Waals surface area contributed by atoms with Crippen LogP contribution in [0.4, 0.5) is 9.52 Å². The zero-order valence-electron chi connectivity index (χ0n) is 24.7. The van der Waals surface area contributed by atoms with E-state index in [2.05, 4.69) is 25.9 Å². The van der Waals surface area contributed by atoms with E-state index in [9.17, 15) is 19.1 Å². The van der Waals surface area contributed by atoms with Crippen LogP contribution in [0.5, 0.6) is 17.2 Å². The molecule has 45 heavy (non-hydrogen) atoms. The largest absolute Gasteiger partial charge is 0.488 e. The van der Waals surface area contributed by atoms with Crippen LogP contribution in [0.15, 0.2) is 48.1 Å². The van der Waals surface area contributed by atoms with Crippen molar-refractivity contribution < 1.29 is 38.0 Å². The van der Waals surface area contributed by atoms with Gasteiger partial charge in [0.05, 0.1) is 38.1 Å². The van der Waals surface area contributed by atoms with Crippen LogP contribution in [-0.4, -0.2) is 70.4 Å². The highest BCUT2D eigenvalue weighted by Crippen LogP contribution is 2.41. The molecule has 13 nitrogen and oxygen atoms in total. The molecule has 1 unspecified atom stereocenters. The lowest BCUT2D eigenvalue weighted by Gasteiger charge is -2.37. The summed E-state index contributed by atoms with van der Waals surface area (Å²) in [6, 6.07) is 7.17. The lowest BCUT2D eigenvalue weighted by Crippen LogP contribution is -2.47. The number of fused-ring (bicyclic) bond motifs is 1. The lowest BCUT2D eigenvalue weighted by atomic mass is 9.81. The van der Waals surface area contributed by atoms with Gasteiger partial charge in [-0.1, -0.05) is 5.21 Å². The standard InChI is InChI=1S/C30H33FN6O7S/c1-30(16-27(38)34-29-32-7-12-45-29)23-15-26(44-21-3-4-22(28(39)40)24(31)14-21)25(13-19(23)5-6-33-30)43-9-8-37-17-20(35-36-37)18-42-11-10-41-2/h3-4,7,12-15,17,33H,5-6,8-11,16,18H2,1-2H3,(H,39,40)(H,32,34,38). The number of hydrogen-bond acceptors (Lipinski definition) is 11. The summed E-state index contributed by atoms with van der Waals surface area (Å²) in [6.07, 6.45) is 4.17. The molecule has 3 heterocycles. The zero-order chi connectivity index (χ0) is 31.8. The average molecular weight is 641 g/mol. The maximum atomic E-state index is 14.5. The number of aromatic carboxylic acids is 1. The minimum atomic E-state index is -1.38. The molecule has 0 saturated heterocycles. The normalized spacial score (nSPS) is 15.8. The van der Waals surface area contributed by atoms with Crippen molar-refractivity contribution in [3.05, 3.63) is 76.3 Å². The molecule has 1 aliphatic rings. The van der Waals surface area contributed by atoms with Gasteiger partial charge in [0.2, 0.25) is 5.91 Å². The van der Waals surface area contributed by atoms with Crippen molar-refractivity contribution in [2.24, 2.45) is 0 Å². The fourth-order valence-electron chi connectivity index (χ4n) is 4.95. The third-order valence-electron chi connectivity index (χ3n) is 7.11. The van der Waals surface area contributed by atoms with Crippen LogP contribution in [0.3, 0.4) is 0 Å². The number of carbonyl (C=O) groups is 2. The Labute approximate surface area is 262 Å². The van der Waals surface area contributed by atoms with E-state index in [4.69, 9.17) is 18.9 Å². The highest BCUT2D eigenvalue weighted by Gasteiger charge is 2.35. The molecule has 0 bridgehead atoms. The number of halogens is 1. The Hall–Kier alpha value is -4.44. The number of nitrogens with one attached hydrogen (secondary N) is 2. The smallest absolute Gasteiger partial charge is 0.338 e. The molecule has 5 rings (SSSR count). The number of carbonyl (C=O) groups excluding carboxylic acids is 1. The van der Waals surface area contributed by atoms with Gasteiger partial charge < -0.3 is 34.7 Å². The van der Waals surface area contributed by atoms with Crippen LogP contribution in [0.25, 0.3) is 0 Å². The molecule has 0 fully saturated rings. The zero-order valence-corrected chi connectivity index (χ0v) is 25.6. The Bertz CT molecular complexity index is 1630. The molecule has 3 N–H and O–H groups in total. The van der Waals surface area contributed by atoms with Crippen molar-refractivity contribution in [3.8, 4) is 17.2 Å². The SMILES string of the molecule is COCCOCc1cn(CCOc2cc3c(cc2Oc2ccc(C(=O)O)c(F)c2)C(C)(CC(=O)Nc2nccs2)NCC3)nn1. The molecule has 1 amide bonds. The van der Waals surface area contributed by atoms with E-state index in [-0.39, 0.29) is 30.4 Å². The van der Waals surface area contributed by atoms with Gasteiger partial charge >= 0.3 is 5.97 Å². The van der Waals surface area contributed by atoms with E-state index in [0.29, 0.717) is 55.9 Å². The summed E-state index contributed by atoms with van der Waals surface area (Å²) in [6.45, 7) is 4.38. The van der Waals surface area contributed by atoms with Gasteiger partial charge in [-0.3, -0.25) is 4.79 Å². The highest BCUT2D eigenvalue weighted by molar-refractivity contribution is 7.13. The van der Waals surface area contributed by atoms with Crippen LogP contribution in [0.2, 0.25) is 0 Å². The first-order valence-corrected chi connectivity index (χ1v) is 15.0. The molecule has 238 valence electrons. The molecule has 0 spiro atoms. The van der Waals surface area contributed by atoms with E-state index in [0.717, 1.165) is 23.3 Å². The minimum absolute atomic E-state index is 0.0867. The van der Waals surface area contributed by atoms with E-state index >= 15 is 0 Å². The van der Waals surface area contributed by atoms with Crippen molar-refractivity contribution in [1.29, 1.82) is 0 Å². The summed E-state index contributed by atoms with van der Waals surface area (Å²) in [5.41, 5.74) is 1.23. The van der Waals surface area contributed by atoms with Gasteiger partial charge in [0.1, 0.15) is 23.9 Å². The molecule has 4 aromatic rings. The maximum absolute atomic E-state index is 14.5. The number of ether oxygens (including phenoxy) is 4. The Morgan fingerprint density at radius 1 is 1.20 bits per heavy atom. The number of aromatic nitrogens is 4. The second-order valence-corrected chi connectivity index (χ2v) is 11.3. The summed E-state index contributed by atoms with van der Waals surface area (Å²) in [4.78, 5) is 28.4. The lowest BCUT2D eigenvalue weighted by molar-refractivity contribution is -0.117. The number of anilines is 1. The van der Waals surface area contributed by atoms with Crippen LogP contribution in [0.1, 0.15) is 40.5 Å². The predicted octanol–water partition coefficient (Wildman–Crippen LogP) is 4.00.